The van der Waals surface area contributed by atoms with Crippen molar-refractivity contribution in [3.05, 3.63) is 89.9 Å². The van der Waals surface area contributed by atoms with Gasteiger partial charge in [0.05, 0.1) is 36.1 Å². The minimum Gasteiger partial charge on any atom is -0.262 e. The van der Waals surface area contributed by atoms with Gasteiger partial charge in [-0.2, -0.15) is 0 Å². The van der Waals surface area contributed by atoms with Gasteiger partial charge in [-0.3, -0.25) is 15.0 Å². The predicted molar refractivity (Wildman–Crippen MR) is 103 cm³/mol. The molecule has 9 heteroatoms. The number of nitrogens with zero attached hydrogens (tertiary/aromatic N) is 3. The molecule has 0 aromatic carbocycles. The Morgan fingerprint density at radius 1 is 0.440 bits per heavy atom. The van der Waals surface area contributed by atoms with Gasteiger partial charge in [0.15, 0.2) is 0 Å². The fraction of sp³-hybridized carbons (Fsp3) is 0. The summed E-state index contributed by atoms with van der Waals surface area (Å²) in [6.45, 7) is 0. The summed E-state index contributed by atoms with van der Waals surface area (Å²) in [7, 11) is 0. The molecule has 0 unspecified atom stereocenters. The number of hydrogen-bond donors (Lipinski definition) is 0. The molecule has 0 saturated carbocycles. The van der Waals surface area contributed by atoms with Crippen molar-refractivity contribution in [2.75, 3.05) is 0 Å². The van der Waals surface area contributed by atoms with Crippen molar-refractivity contribution >= 4 is 69.6 Å². The van der Waals surface area contributed by atoms with Gasteiger partial charge in [-0.05, 0) is 0 Å². The van der Waals surface area contributed by atoms with E-state index in [0.29, 0.717) is 22.6 Å². The molecule has 0 atom stereocenters. The molecule has 0 aliphatic rings. The highest BCUT2D eigenvalue weighted by Crippen LogP contribution is 2.47. The van der Waals surface area contributed by atoms with Crippen molar-refractivity contribution < 1.29 is 0 Å². The van der Waals surface area contributed by atoms with Crippen LogP contribution in [0.25, 0.3) is 0 Å². The molecule has 3 rings (SSSR count). The SMILES string of the molecule is Clc1cncc(Cl)c1[C](c1c(Cl)cncc1Cl)c1c(Cl)cncc1Cl. The largest absolute Gasteiger partial charge is 0.262 e. The van der Waals surface area contributed by atoms with Gasteiger partial charge in [0.1, 0.15) is 0 Å². The summed E-state index contributed by atoms with van der Waals surface area (Å²) in [4.78, 5) is 11.9. The molecule has 127 valence electrons. The van der Waals surface area contributed by atoms with Crippen LogP contribution in [0.5, 0.6) is 0 Å². The number of hydrogen-bond acceptors (Lipinski definition) is 3. The van der Waals surface area contributed by atoms with Gasteiger partial charge >= 0.3 is 0 Å². The maximum atomic E-state index is 6.36. The Labute approximate surface area is 173 Å². The molecule has 25 heavy (non-hydrogen) atoms. The third-order valence-electron chi connectivity index (χ3n) is 3.31. The zero-order valence-corrected chi connectivity index (χ0v) is 16.6. The first-order valence-corrected chi connectivity index (χ1v) is 8.93. The average Bonchev–Trinajstić information content (AvgIpc) is 2.53. The number of rotatable bonds is 3. The Morgan fingerprint density at radius 2 is 0.640 bits per heavy atom. The van der Waals surface area contributed by atoms with E-state index >= 15 is 0 Å². The van der Waals surface area contributed by atoms with Gasteiger partial charge in [0.2, 0.25) is 0 Å². The zero-order valence-electron chi connectivity index (χ0n) is 12.1. The highest BCUT2D eigenvalue weighted by Gasteiger charge is 2.31. The van der Waals surface area contributed by atoms with E-state index < -0.39 is 0 Å². The Balaban J connectivity index is 2.42. The molecule has 3 aromatic rings. The summed E-state index contributed by atoms with van der Waals surface area (Å²) in [5, 5.41) is 1.72. The lowest BCUT2D eigenvalue weighted by molar-refractivity contribution is 1.16. The van der Waals surface area contributed by atoms with E-state index in [1.54, 1.807) is 0 Å². The summed E-state index contributed by atoms with van der Waals surface area (Å²) in [6, 6.07) is 0. The van der Waals surface area contributed by atoms with E-state index in [1.165, 1.54) is 37.2 Å². The number of halogens is 6. The third kappa shape index (κ3) is 3.68. The van der Waals surface area contributed by atoms with Crippen molar-refractivity contribution in [1.82, 2.24) is 15.0 Å². The van der Waals surface area contributed by atoms with Crippen molar-refractivity contribution in [3.8, 4) is 0 Å². The van der Waals surface area contributed by atoms with Crippen LogP contribution in [0.3, 0.4) is 0 Å². The van der Waals surface area contributed by atoms with E-state index in [9.17, 15) is 0 Å². The van der Waals surface area contributed by atoms with Crippen molar-refractivity contribution in [1.29, 1.82) is 0 Å². The molecule has 3 nitrogen and oxygen atoms in total. The summed E-state index contributed by atoms with van der Waals surface area (Å²) >= 11 is 38.2. The van der Waals surface area contributed by atoms with Crippen LogP contribution in [-0.2, 0) is 0 Å². The number of pyridine rings is 3. The summed E-state index contributed by atoms with van der Waals surface area (Å²) in [6.07, 6.45) is 8.72. The topological polar surface area (TPSA) is 38.7 Å². The lowest BCUT2D eigenvalue weighted by Gasteiger charge is -2.23. The molecule has 0 spiro atoms. The molecular weight excluding hydrogens is 447 g/mol. The van der Waals surface area contributed by atoms with Gasteiger partial charge < -0.3 is 0 Å². The molecule has 0 saturated heterocycles. The van der Waals surface area contributed by atoms with Crippen LogP contribution >= 0.6 is 69.6 Å². The van der Waals surface area contributed by atoms with E-state index in [2.05, 4.69) is 15.0 Å². The Bertz CT molecular complexity index is 764. The van der Waals surface area contributed by atoms with Crippen LogP contribution in [0.1, 0.15) is 16.7 Å². The molecule has 3 heterocycles. The monoisotopic (exact) mass is 450 g/mol. The van der Waals surface area contributed by atoms with Gasteiger partial charge in [-0.25, -0.2) is 0 Å². The third-order valence-corrected chi connectivity index (χ3v) is 5.03. The van der Waals surface area contributed by atoms with Crippen LogP contribution in [-0.4, -0.2) is 15.0 Å². The van der Waals surface area contributed by atoms with Crippen LogP contribution in [0.4, 0.5) is 0 Å². The first-order chi connectivity index (χ1) is 11.9. The molecule has 0 fully saturated rings. The van der Waals surface area contributed by atoms with Gasteiger partial charge in [-0.15, -0.1) is 0 Å². The lowest BCUT2D eigenvalue weighted by atomic mass is 9.86. The maximum absolute atomic E-state index is 6.36. The minimum atomic E-state index is 0.287. The van der Waals surface area contributed by atoms with Crippen molar-refractivity contribution in [3.63, 3.8) is 0 Å². The summed E-state index contributed by atoms with van der Waals surface area (Å²) in [5.74, 6) is 0.465. The molecule has 0 bridgehead atoms. The molecule has 0 aliphatic carbocycles. The number of aromatic nitrogens is 3. The van der Waals surface area contributed by atoms with Crippen molar-refractivity contribution in [2.45, 2.75) is 0 Å². The Morgan fingerprint density at radius 3 is 0.840 bits per heavy atom. The molecule has 0 N–H and O–H groups in total. The van der Waals surface area contributed by atoms with E-state index in [4.69, 9.17) is 69.6 Å². The first kappa shape index (κ1) is 19.0. The molecule has 3 aromatic heterocycles. The van der Waals surface area contributed by atoms with E-state index in [1.807, 2.05) is 0 Å². The highest BCUT2D eigenvalue weighted by molar-refractivity contribution is 6.40. The standard InChI is InChI=1S/C16H6Cl6N3/c17-7-1-23-2-8(18)13(7)16(14-9(19)3-24-4-10(14)20)15-11(21)5-25-6-12(15)22/h1-6H. The lowest BCUT2D eigenvalue weighted by Crippen LogP contribution is -2.10. The van der Waals surface area contributed by atoms with Crippen LogP contribution < -0.4 is 0 Å². The molecule has 1 radical (unpaired) electrons. The van der Waals surface area contributed by atoms with Crippen LogP contribution in [0.15, 0.2) is 37.2 Å². The van der Waals surface area contributed by atoms with Crippen LogP contribution in [0.2, 0.25) is 30.1 Å². The highest BCUT2D eigenvalue weighted by atomic mass is 35.5. The average molecular weight is 453 g/mol. The smallest absolute Gasteiger partial charge is 0.0724 e. The van der Waals surface area contributed by atoms with Gasteiger partial charge in [-0.1, -0.05) is 69.6 Å². The van der Waals surface area contributed by atoms with Crippen LogP contribution in [0, 0.1) is 5.92 Å². The summed E-state index contributed by atoms with van der Waals surface area (Å²) in [5.41, 5.74) is 1.34. The first-order valence-electron chi connectivity index (χ1n) is 6.67. The zero-order chi connectivity index (χ0) is 18.1. The second-order valence-corrected chi connectivity index (χ2v) is 7.25. The quantitative estimate of drug-likeness (QED) is 0.438. The fourth-order valence-corrected chi connectivity index (χ4v) is 3.99. The van der Waals surface area contributed by atoms with Gasteiger partial charge in [0, 0.05) is 53.9 Å². The molecule has 0 aliphatic heterocycles. The Hall–Kier alpha value is -0.810. The normalized spacial score (nSPS) is 11.2. The fourth-order valence-electron chi connectivity index (χ4n) is 2.33. The van der Waals surface area contributed by atoms with E-state index in [0.717, 1.165) is 0 Å². The predicted octanol–water partition coefficient (Wildman–Crippen LogP) is 6.81. The van der Waals surface area contributed by atoms with Crippen molar-refractivity contribution in [2.24, 2.45) is 0 Å². The Kier molecular flexibility index (Phi) is 5.94. The second kappa shape index (κ2) is 7.83. The molecular formula is C16H6Cl6N3. The maximum Gasteiger partial charge on any atom is 0.0724 e. The molecule has 0 amide bonds. The minimum absolute atomic E-state index is 0.287. The van der Waals surface area contributed by atoms with Gasteiger partial charge in [0.25, 0.3) is 0 Å². The summed E-state index contributed by atoms with van der Waals surface area (Å²) < 4.78 is 0. The second-order valence-electron chi connectivity index (χ2n) is 4.81. The van der Waals surface area contributed by atoms with E-state index in [-0.39, 0.29) is 30.1 Å².